The molecule has 1 aromatic carbocycles. The lowest BCUT2D eigenvalue weighted by molar-refractivity contribution is 0.479. The lowest BCUT2D eigenvalue weighted by Gasteiger charge is -2.24. The number of halogens is 1. The summed E-state index contributed by atoms with van der Waals surface area (Å²) in [6.45, 7) is 2.07. The number of anilines is 3. The fraction of sp³-hybridized carbons (Fsp3) is 0.400. The lowest BCUT2D eigenvalue weighted by atomic mass is 10.1. The van der Waals surface area contributed by atoms with Crippen LogP contribution in [0.15, 0.2) is 36.5 Å². The van der Waals surface area contributed by atoms with Gasteiger partial charge in [0.1, 0.15) is 5.82 Å². The number of nitrogens with one attached hydrogen (secondary N) is 3. The maximum Gasteiger partial charge on any atom is 0.230 e. The van der Waals surface area contributed by atoms with Crippen LogP contribution in [-0.4, -0.2) is 33.7 Å². The molecule has 1 saturated heterocycles. The van der Waals surface area contributed by atoms with Gasteiger partial charge in [0.05, 0.1) is 11.7 Å². The fourth-order valence-electron chi connectivity index (χ4n) is 3.75. The van der Waals surface area contributed by atoms with Crippen LogP contribution in [0.5, 0.6) is 0 Å². The first-order valence-electron chi connectivity index (χ1n) is 9.65. The zero-order valence-electron chi connectivity index (χ0n) is 15.1. The number of fused-ring (bicyclic) bond motifs is 1. The lowest BCUT2D eigenvalue weighted by Crippen LogP contribution is -2.38. The van der Waals surface area contributed by atoms with Crippen molar-refractivity contribution in [1.29, 1.82) is 0 Å². The maximum atomic E-state index is 6.14. The van der Waals surface area contributed by atoms with Crippen LogP contribution in [0.3, 0.4) is 0 Å². The summed E-state index contributed by atoms with van der Waals surface area (Å²) >= 11 is 6.14. The third kappa shape index (κ3) is 3.59. The molecule has 1 aliphatic heterocycles. The van der Waals surface area contributed by atoms with Gasteiger partial charge in [-0.05, 0) is 56.3 Å². The molecule has 1 atom stereocenters. The van der Waals surface area contributed by atoms with E-state index in [1.807, 2.05) is 35.0 Å². The summed E-state index contributed by atoms with van der Waals surface area (Å²) < 4.78 is 1.90. The number of hydrogen-bond donors (Lipinski definition) is 3. The molecule has 3 heterocycles. The molecule has 3 N–H and O–H groups in total. The van der Waals surface area contributed by atoms with Crippen LogP contribution in [0.4, 0.5) is 17.5 Å². The Morgan fingerprint density at radius 2 is 2.11 bits per heavy atom. The molecule has 5 rings (SSSR count). The van der Waals surface area contributed by atoms with E-state index in [-0.39, 0.29) is 0 Å². The third-order valence-electron chi connectivity index (χ3n) is 5.28. The average Bonchev–Trinajstić information content (AvgIpc) is 3.42. The van der Waals surface area contributed by atoms with Crippen molar-refractivity contribution >= 4 is 34.6 Å². The van der Waals surface area contributed by atoms with Crippen molar-refractivity contribution in [3.8, 4) is 0 Å². The van der Waals surface area contributed by atoms with Crippen LogP contribution in [0.25, 0.3) is 5.52 Å². The molecule has 0 spiro atoms. The van der Waals surface area contributed by atoms with Gasteiger partial charge in [0, 0.05) is 34.9 Å². The van der Waals surface area contributed by atoms with Crippen LogP contribution < -0.4 is 16.0 Å². The SMILES string of the molecule is Clc1cccc(Nc2nc(N[C@H]3CCCNC3)cc3c(C4CC4)cnn23)c1. The summed E-state index contributed by atoms with van der Waals surface area (Å²) in [7, 11) is 0. The first-order valence-corrected chi connectivity index (χ1v) is 10.0. The highest BCUT2D eigenvalue weighted by Gasteiger charge is 2.28. The molecule has 2 fully saturated rings. The van der Waals surface area contributed by atoms with Crippen molar-refractivity contribution in [1.82, 2.24) is 19.9 Å². The number of benzene rings is 1. The van der Waals surface area contributed by atoms with E-state index in [1.54, 1.807) is 0 Å². The Kier molecular flexibility index (Phi) is 4.38. The minimum Gasteiger partial charge on any atom is -0.366 e. The normalized spacial score (nSPS) is 20.0. The third-order valence-corrected chi connectivity index (χ3v) is 5.52. The summed E-state index contributed by atoms with van der Waals surface area (Å²) in [5, 5.41) is 15.7. The van der Waals surface area contributed by atoms with Gasteiger partial charge in [-0.25, -0.2) is 0 Å². The van der Waals surface area contributed by atoms with Gasteiger partial charge >= 0.3 is 0 Å². The number of piperidine rings is 1. The second-order valence-electron chi connectivity index (χ2n) is 7.46. The van der Waals surface area contributed by atoms with Crippen molar-refractivity contribution in [3.05, 3.63) is 47.1 Å². The van der Waals surface area contributed by atoms with Crippen molar-refractivity contribution in [3.63, 3.8) is 0 Å². The molecule has 0 bridgehead atoms. The highest BCUT2D eigenvalue weighted by atomic mass is 35.5. The predicted molar refractivity (Wildman–Crippen MR) is 109 cm³/mol. The molecule has 1 aliphatic carbocycles. The minimum absolute atomic E-state index is 0.403. The van der Waals surface area contributed by atoms with Crippen molar-refractivity contribution in [2.24, 2.45) is 0 Å². The van der Waals surface area contributed by atoms with Gasteiger partial charge in [-0.1, -0.05) is 17.7 Å². The number of aromatic nitrogens is 3. The van der Waals surface area contributed by atoms with Gasteiger partial charge in [-0.15, -0.1) is 0 Å². The quantitative estimate of drug-likeness (QED) is 0.618. The van der Waals surface area contributed by atoms with Gasteiger partial charge < -0.3 is 16.0 Å². The Bertz CT molecular complexity index is 958. The molecule has 140 valence electrons. The van der Waals surface area contributed by atoms with E-state index in [1.165, 1.54) is 24.8 Å². The number of hydrogen-bond acceptors (Lipinski definition) is 5. The molecule has 0 unspecified atom stereocenters. The Balaban J connectivity index is 1.53. The van der Waals surface area contributed by atoms with Crippen molar-refractivity contribution in [2.45, 2.75) is 37.6 Å². The van der Waals surface area contributed by atoms with Gasteiger partial charge in [0.25, 0.3) is 0 Å². The summed E-state index contributed by atoms with van der Waals surface area (Å²) in [5.41, 5.74) is 3.34. The molecular formula is C20H23ClN6. The highest BCUT2D eigenvalue weighted by Crippen LogP contribution is 2.42. The molecule has 0 radical (unpaired) electrons. The Morgan fingerprint density at radius 3 is 2.89 bits per heavy atom. The van der Waals surface area contributed by atoms with E-state index in [2.05, 4.69) is 27.1 Å². The van der Waals surface area contributed by atoms with Crippen LogP contribution in [0.2, 0.25) is 5.02 Å². The number of nitrogens with zero attached hydrogens (tertiary/aromatic N) is 3. The molecule has 2 aromatic heterocycles. The predicted octanol–water partition coefficient (Wildman–Crippen LogP) is 4.17. The molecule has 1 saturated carbocycles. The van der Waals surface area contributed by atoms with Crippen molar-refractivity contribution < 1.29 is 0 Å². The first kappa shape index (κ1) is 16.8. The Hall–Kier alpha value is -2.31. The number of rotatable bonds is 5. The Labute approximate surface area is 163 Å². The summed E-state index contributed by atoms with van der Waals surface area (Å²) in [6.07, 6.45) is 6.83. The smallest absolute Gasteiger partial charge is 0.230 e. The molecule has 27 heavy (non-hydrogen) atoms. The van der Waals surface area contributed by atoms with Crippen LogP contribution in [0.1, 0.15) is 37.2 Å². The van der Waals surface area contributed by atoms with Gasteiger partial charge in [-0.3, -0.25) is 0 Å². The van der Waals surface area contributed by atoms with Crippen LogP contribution in [-0.2, 0) is 0 Å². The van der Waals surface area contributed by atoms with E-state index in [0.29, 0.717) is 22.9 Å². The van der Waals surface area contributed by atoms with Crippen molar-refractivity contribution in [2.75, 3.05) is 23.7 Å². The monoisotopic (exact) mass is 382 g/mol. The Morgan fingerprint density at radius 1 is 1.19 bits per heavy atom. The summed E-state index contributed by atoms with van der Waals surface area (Å²) in [5.74, 6) is 2.23. The van der Waals surface area contributed by atoms with Crippen LogP contribution in [0, 0.1) is 0 Å². The van der Waals surface area contributed by atoms with E-state index in [9.17, 15) is 0 Å². The minimum atomic E-state index is 0.403. The molecule has 3 aromatic rings. The largest absolute Gasteiger partial charge is 0.366 e. The van der Waals surface area contributed by atoms with E-state index in [0.717, 1.165) is 36.5 Å². The molecular weight excluding hydrogens is 360 g/mol. The summed E-state index contributed by atoms with van der Waals surface area (Å²) in [6, 6.07) is 10.2. The van der Waals surface area contributed by atoms with Gasteiger partial charge in [0.15, 0.2) is 0 Å². The van der Waals surface area contributed by atoms with E-state index >= 15 is 0 Å². The maximum absolute atomic E-state index is 6.14. The second-order valence-corrected chi connectivity index (χ2v) is 7.90. The van der Waals surface area contributed by atoms with Gasteiger partial charge in [-0.2, -0.15) is 14.6 Å². The molecule has 2 aliphatic rings. The second kappa shape index (κ2) is 7.02. The zero-order chi connectivity index (χ0) is 18.2. The van der Waals surface area contributed by atoms with Crippen LogP contribution >= 0.6 is 11.6 Å². The van der Waals surface area contributed by atoms with Gasteiger partial charge in [0.2, 0.25) is 5.95 Å². The zero-order valence-corrected chi connectivity index (χ0v) is 15.8. The topological polar surface area (TPSA) is 66.3 Å². The molecule has 6 nitrogen and oxygen atoms in total. The fourth-order valence-corrected chi connectivity index (χ4v) is 3.94. The van der Waals surface area contributed by atoms with E-state index < -0.39 is 0 Å². The molecule has 7 heteroatoms. The molecule has 0 amide bonds. The standard InChI is InChI=1S/C20H23ClN6/c21-14-3-1-4-15(9-14)25-20-26-19(24-16-5-2-8-22-11-16)10-18-17(13-6-7-13)12-23-27(18)20/h1,3-4,9-10,12-13,16,22,24H,2,5-8,11H2,(H,25,26)/t16-/m0/s1. The summed E-state index contributed by atoms with van der Waals surface area (Å²) in [4.78, 5) is 4.82. The first-order chi connectivity index (χ1) is 13.3. The van der Waals surface area contributed by atoms with E-state index in [4.69, 9.17) is 16.6 Å². The average molecular weight is 383 g/mol. The highest BCUT2D eigenvalue weighted by molar-refractivity contribution is 6.30.